The summed E-state index contributed by atoms with van der Waals surface area (Å²) in [5.74, 6) is -0.133. The molecule has 0 atom stereocenters. The van der Waals surface area contributed by atoms with Crippen LogP contribution in [0.5, 0.6) is 5.75 Å². The zero-order chi connectivity index (χ0) is 12.7. The van der Waals surface area contributed by atoms with E-state index in [1.54, 1.807) is 13.2 Å². The van der Waals surface area contributed by atoms with E-state index >= 15 is 0 Å². The van der Waals surface area contributed by atoms with Crippen molar-refractivity contribution < 1.29 is 14.6 Å². The van der Waals surface area contributed by atoms with Crippen LogP contribution < -0.4 is 4.74 Å². The molecule has 0 fully saturated rings. The van der Waals surface area contributed by atoms with Crippen molar-refractivity contribution in [2.45, 2.75) is 13.3 Å². The van der Waals surface area contributed by atoms with E-state index in [1.165, 1.54) is 0 Å². The summed E-state index contributed by atoms with van der Waals surface area (Å²) in [5.41, 5.74) is 1.89. The summed E-state index contributed by atoms with van der Waals surface area (Å²) in [6.07, 6.45) is 7.47. The fourth-order valence-electron chi connectivity index (χ4n) is 1.47. The average molecular weight is 232 g/mol. The minimum Gasteiger partial charge on any atom is -0.496 e. The van der Waals surface area contributed by atoms with E-state index in [1.807, 2.05) is 37.3 Å². The summed E-state index contributed by atoms with van der Waals surface area (Å²) >= 11 is 0. The lowest BCUT2D eigenvalue weighted by atomic mass is 10.1. The van der Waals surface area contributed by atoms with Crippen molar-refractivity contribution >= 4 is 12.0 Å². The molecule has 17 heavy (non-hydrogen) atoms. The zero-order valence-corrected chi connectivity index (χ0v) is 10.0. The molecule has 0 unspecified atom stereocenters. The molecule has 0 bridgehead atoms. The van der Waals surface area contributed by atoms with Crippen molar-refractivity contribution in [3.05, 3.63) is 47.6 Å². The van der Waals surface area contributed by atoms with Gasteiger partial charge in [-0.1, -0.05) is 18.2 Å². The van der Waals surface area contributed by atoms with E-state index in [2.05, 4.69) is 0 Å². The summed E-state index contributed by atoms with van der Waals surface area (Å²) in [6.45, 7) is 1.96. The summed E-state index contributed by atoms with van der Waals surface area (Å²) < 4.78 is 5.25. The third-order valence-corrected chi connectivity index (χ3v) is 2.30. The number of hydrogen-bond acceptors (Lipinski definition) is 2. The number of carbonyl (C=O) groups is 1. The quantitative estimate of drug-likeness (QED) is 0.627. The Morgan fingerprint density at radius 2 is 2.24 bits per heavy atom. The Labute approximate surface area is 101 Å². The number of ether oxygens (including phenoxy) is 1. The van der Waals surface area contributed by atoms with E-state index in [0.29, 0.717) is 0 Å². The number of allylic oxidation sites excluding steroid dienone is 2. The molecule has 0 amide bonds. The van der Waals surface area contributed by atoms with Gasteiger partial charge >= 0.3 is 5.97 Å². The molecule has 3 heteroatoms. The average Bonchev–Trinajstić information content (AvgIpc) is 2.33. The number of hydrogen-bond donors (Lipinski definition) is 1. The van der Waals surface area contributed by atoms with Gasteiger partial charge in [0.1, 0.15) is 5.75 Å². The summed E-state index contributed by atoms with van der Waals surface area (Å²) in [4.78, 5) is 10.4. The van der Waals surface area contributed by atoms with Gasteiger partial charge in [-0.25, -0.2) is 4.79 Å². The lowest BCUT2D eigenvalue weighted by Gasteiger charge is -2.07. The summed E-state index contributed by atoms with van der Waals surface area (Å²) in [7, 11) is 1.63. The van der Waals surface area contributed by atoms with E-state index in [0.717, 1.165) is 29.4 Å². The van der Waals surface area contributed by atoms with E-state index in [9.17, 15) is 4.79 Å². The van der Waals surface area contributed by atoms with Crippen molar-refractivity contribution in [2.24, 2.45) is 0 Å². The van der Waals surface area contributed by atoms with Crippen LogP contribution in [-0.4, -0.2) is 18.2 Å². The minimum atomic E-state index is -0.948. The molecular weight excluding hydrogens is 216 g/mol. The molecule has 0 aromatic heterocycles. The lowest BCUT2D eigenvalue weighted by Crippen LogP contribution is -1.92. The molecule has 0 aliphatic heterocycles. The monoisotopic (exact) mass is 232 g/mol. The van der Waals surface area contributed by atoms with Crippen molar-refractivity contribution in [3.63, 3.8) is 0 Å². The topological polar surface area (TPSA) is 46.5 Å². The van der Waals surface area contributed by atoms with Gasteiger partial charge in [0.05, 0.1) is 7.11 Å². The maximum atomic E-state index is 10.4. The number of carboxylic acids is 1. The molecule has 1 rings (SSSR count). The molecule has 1 aromatic rings. The van der Waals surface area contributed by atoms with Gasteiger partial charge in [0.2, 0.25) is 0 Å². The van der Waals surface area contributed by atoms with Crippen LogP contribution in [0.15, 0.2) is 36.4 Å². The van der Waals surface area contributed by atoms with Gasteiger partial charge in [-0.3, -0.25) is 0 Å². The molecular formula is C14H16O3. The highest BCUT2D eigenvalue weighted by atomic mass is 16.5. The molecule has 0 spiro atoms. The van der Waals surface area contributed by atoms with E-state index in [-0.39, 0.29) is 0 Å². The summed E-state index contributed by atoms with van der Waals surface area (Å²) in [6, 6.07) is 5.61. The molecule has 90 valence electrons. The van der Waals surface area contributed by atoms with Crippen LogP contribution in [0.1, 0.15) is 18.1 Å². The molecule has 0 aliphatic carbocycles. The first-order valence-electron chi connectivity index (χ1n) is 5.36. The highest BCUT2D eigenvalue weighted by Gasteiger charge is 2.01. The molecule has 0 saturated heterocycles. The van der Waals surface area contributed by atoms with Crippen LogP contribution in [0, 0.1) is 0 Å². The van der Waals surface area contributed by atoms with Gasteiger partial charge in [0.15, 0.2) is 0 Å². The SMILES string of the molecule is CC=CCc1cc(C=CC(=O)O)ccc1OC. The maximum Gasteiger partial charge on any atom is 0.328 e. The van der Waals surface area contributed by atoms with Crippen LogP contribution in [0.4, 0.5) is 0 Å². The first-order valence-corrected chi connectivity index (χ1v) is 5.36. The van der Waals surface area contributed by atoms with Gasteiger partial charge in [0.25, 0.3) is 0 Å². The van der Waals surface area contributed by atoms with Gasteiger partial charge in [-0.05, 0) is 42.7 Å². The first kappa shape index (κ1) is 13.0. The minimum absolute atomic E-state index is 0.772. The Morgan fingerprint density at radius 1 is 1.47 bits per heavy atom. The Bertz CT molecular complexity index is 445. The third kappa shape index (κ3) is 4.15. The Morgan fingerprint density at radius 3 is 2.82 bits per heavy atom. The van der Waals surface area contributed by atoms with E-state index in [4.69, 9.17) is 9.84 Å². The second-order valence-electron chi connectivity index (χ2n) is 3.52. The normalized spacial score (nSPS) is 11.2. The fourth-order valence-corrected chi connectivity index (χ4v) is 1.47. The number of aliphatic carboxylic acids is 1. The highest BCUT2D eigenvalue weighted by Crippen LogP contribution is 2.21. The smallest absolute Gasteiger partial charge is 0.328 e. The number of methoxy groups -OCH3 is 1. The Hall–Kier alpha value is -2.03. The molecule has 1 N–H and O–H groups in total. The molecule has 1 aromatic carbocycles. The molecule has 0 heterocycles. The first-order chi connectivity index (χ1) is 8.17. The van der Waals surface area contributed by atoms with Crippen molar-refractivity contribution in [2.75, 3.05) is 7.11 Å². The fraction of sp³-hybridized carbons (Fsp3) is 0.214. The number of carboxylic acid groups (broad SMARTS) is 1. The summed E-state index contributed by atoms with van der Waals surface area (Å²) in [5, 5.41) is 8.56. The van der Waals surface area contributed by atoms with Crippen molar-refractivity contribution in [3.8, 4) is 5.75 Å². The number of benzene rings is 1. The van der Waals surface area contributed by atoms with Crippen LogP contribution >= 0.6 is 0 Å². The highest BCUT2D eigenvalue weighted by molar-refractivity contribution is 5.85. The molecule has 0 aliphatic rings. The third-order valence-electron chi connectivity index (χ3n) is 2.30. The Balaban J connectivity index is 2.99. The van der Waals surface area contributed by atoms with Gasteiger partial charge < -0.3 is 9.84 Å². The van der Waals surface area contributed by atoms with Crippen LogP contribution in [-0.2, 0) is 11.2 Å². The van der Waals surface area contributed by atoms with Crippen molar-refractivity contribution in [1.29, 1.82) is 0 Å². The van der Waals surface area contributed by atoms with Crippen molar-refractivity contribution in [1.82, 2.24) is 0 Å². The largest absolute Gasteiger partial charge is 0.496 e. The van der Waals surface area contributed by atoms with Crippen LogP contribution in [0.2, 0.25) is 0 Å². The number of rotatable bonds is 5. The van der Waals surface area contributed by atoms with E-state index < -0.39 is 5.97 Å². The second-order valence-corrected chi connectivity index (χ2v) is 3.52. The van der Waals surface area contributed by atoms with Gasteiger partial charge in [-0.2, -0.15) is 0 Å². The molecule has 0 saturated carbocycles. The predicted octanol–water partition coefficient (Wildman–Crippen LogP) is 2.91. The zero-order valence-electron chi connectivity index (χ0n) is 10.0. The predicted molar refractivity (Wildman–Crippen MR) is 68.2 cm³/mol. The molecule has 0 radical (unpaired) electrons. The van der Waals surface area contributed by atoms with Crippen LogP contribution in [0.25, 0.3) is 6.08 Å². The van der Waals surface area contributed by atoms with Gasteiger partial charge in [-0.15, -0.1) is 0 Å². The maximum absolute atomic E-state index is 10.4. The van der Waals surface area contributed by atoms with Gasteiger partial charge in [0, 0.05) is 6.08 Å². The molecule has 3 nitrogen and oxygen atoms in total. The van der Waals surface area contributed by atoms with Crippen LogP contribution in [0.3, 0.4) is 0 Å². The Kier molecular flexibility index (Phi) is 5.01. The second kappa shape index (κ2) is 6.53. The lowest BCUT2D eigenvalue weighted by molar-refractivity contribution is -0.131. The standard InChI is InChI=1S/C14H16O3/c1-3-4-5-12-10-11(7-9-14(15)16)6-8-13(12)17-2/h3-4,6-10H,5H2,1-2H3,(H,15,16).